The van der Waals surface area contributed by atoms with Crippen LogP contribution in [0.3, 0.4) is 0 Å². The van der Waals surface area contributed by atoms with Gasteiger partial charge in [0, 0.05) is 11.6 Å². The van der Waals surface area contributed by atoms with Crippen LogP contribution in [0.4, 0.5) is 0 Å². The number of hydrogen-bond acceptors (Lipinski definition) is 9. The molecule has 0 unspecified atom stereocenters. The minimum Gasteiger partial charge on any atom is -0.494 e. The van der Waals surface area contributed by atoms with Crippen molar-refractivity contribution in [2.45, 2.75) is 20.0 Å². The third-order valence-corrected chi connectivity index (χ3v) is 5.18. The van der Waals surface area contributed by atoms with Crippen LogP contribution in [0.5, 0.6) is 17.4 Å². The summed E-state index contributed by atoms with van der Waals surface area (Å²) >= 11 is 5.92. The van der Waals surface area contributed by atoms with E-state index in [1.165, 1.54) is 18.2 Å². The van der Waals surface area contributed by atoms with Gasteiger partial charge >= 0.3 is 0 Å². The van der Waals surface area contributed by atoms with E-state index >= 15 is 0 Å². The molecule has 0 saturated carbocycles. The van der Waals surface area contributed by atoms with E-state index in [2.05, 4.69) is 15.2 Å². The lowest BCUT2D eigenvalue weighted by atomic mass is 10.1. The van der Waals surface area contributed by atoms with Crippen molar-refractivity contribution in [3.05, 3.63) is 75.1 Å². The van der Waals surface area contributed by atoms with Gasteiger partial charge < -0.3 is 23.7 Å². The number of aromatic nitrogens is 4. The Bertz CT molecular complexity index is 1550. The normalized spacial score (nSPS) is 14.2. The standard InChI is InChI=1S/C24H23ClN4O6/c1-4-34-13-18-26-22(30)20(23-28-27-19(35-23)12-14-8-10-15(25)11-9-14)24(31)29(18)21-16(32-2)6-5-7-17(21)33-3/h5-11,30H,4,12-13H2,1-3H3/i2D3,3D3. The van der Waals surface area contributed by atoms with E-state index in [1.54, 1.807) is 31.2 Å². The van der Waals surface area contributed by atoms with Gasteiger partial charge in [-0.1, -0.05) is 29.8 Å². The molecule has 0 atom stereocenters. The van der Waals surface area contributed by atoms with Gasteiger partial charge in [-0.3, -0.25) is 9.36 Å². The number of halogens is 1. The topological polar surface area (TPSA) is 122 Å². The van der Waals surface area contributed by atoms with Crippen molar-refractivity contribution in [2.75, 3.05) is 20.7 Å². The molecule has 0 aliphatic carbocycles. The number of rotatable bonds is 9. The van der Waals surface area contributed by atoms with Crippen molar-refractivity contribution >= 4 is 11.6 Å². The highest BCUT2D eigenvalue weighted by atomic mass is 35.5. The molecule has 0 amide bonds. The zero-order valence-electron chi connectivity index (χ0n) is 24.3. The molecule has 0 spiro atoms. The van der Waals surface area contributed by atoms with Crippen LogP contribution < -0.4 is 15.0 Å². The van der Waals surface area contributed by atoms with Crippen molar-refractivity contribution in [2.24, 2.45) is 0 Å². The minimum absolute atomic E-state index is 0.101. The third-order valence-electron chi connectivity index (χ3n) is 4.92. The minimum atomic E-state index is -2.99. The van der Waals surface area contributed by atoms with Crippen molar-refractivity contribution < 1.29 is 32.0 Å². The maximum absolute atomic E-state index is 14.0. The molecule has 0 bridgehead atoms. The molecule has 2 aromatic heterocycles. The second-order valence-electron chi connectivity index (χ2n) is 7.12. The summed E-state index contributed by atoms with van der Waals surface area (Å²) in [4.78, 5) is 18.0. The molecule has 11 heteroatoms. The Kier molecular flexibility index (Phi) is 5.30. The second-order valence-corrected chi connectivity index (χ2v) is 7.55. The number of nitrogens with zero attached hydrogens (tertiary/aromatic N) is 4. The van der Waals surface area contributed by atoms with Gasteiger partial charge in [-0.25, -0.2) is 0 Å². The highest BCUT2D eigenvalue weighted by Gasteiger charge is 2.26. The summed E-state index contributed by atoms with van der Waals surface area (Å²) in [6, 6.07) is 10.5. The maximum atomic E-state index is 14.0. The molecule has 35 heavy (non-hydrogen) atoms. The summed E-state index contributed by atoms with van der Waals surface area (Å²) < 4.78 is 67.5. The van der Waals surface area contributed by atoms with Gasteiger partial charge in [0.1, 0.15) is 29.6 Å². The Morgan fingerprint density at radius 2 is 1.83 bits per heavy atom. The fourth-order valence-corrected chi connectivity index (χ4v) is 3.48. The van der Waals surface area contributed by atoms with E-state index in [0.717, 1.165) is 10.1 Å². The average molecular weight is 505 g/mol. The molecule has 4 aromatic rings. The van der Waals surface area contributed by atoms with Crippen molar-refractivity contribution in [1.29, 1.82) is 0 Å². The molecule has 0 aliphatic heterocycles. The summed E-state index contributed by atoms with van der Waals surface area (Å²) in [5.41, 5.74) is -1.19. The molecule has 2 heterocycles. The Morgan fingerprint density at radius 1 is 1.11 bits per heavy atom. The number of hydrogen-bond donors (Lipinski definition) is 1. The van der Waals surface area contributed by atoms with Gasteiger partial charge in [0.05, 0.1) is 28.7 Å². The maximum Gasteiger partial charge on any atom is 0.275 e. The zero-order valence-corrected chi connectivity index (χ0v) is 19.1. The summed E-state index contributed by atoms with van der Waals surface area (Å²) in [6.45, 7) is 1.51. The average Bonchev–Trinajstić information content (AvgIpc) is 3.31. The lowest BCUT2D eigenvalue weighted by Crippen LogP contribution is -2.26. The number of benzene rings is 2. The lowest BCUT2D eigenvalue weighted by Gasteiger charge is -2.18. The van der Waals surface area contributed by atoms with Crippen LogP contribution >= 0.6 is 11.6 Å². The smallest absolute Gasteiger partial charge is 0.275 e. The van der Waals surface area contributed by atoms with Crippen LogP contribution in [0, 0.1) is 0 Å². The van der Waals surface area contributed by atoms with E-state index in [1.807, 2.05) is 0 Å². The highest BCUT2D eigenvalue weighted by Crippen LogP contribution is 2.34. The molecule has 0 radical (unpaired) electrons. The molecule has 10 nitrogen and oxygen atoms in total. The molecular weight excluding hydrogens is 476 g/mol. The first-order valence-electron chi connectivity index (χ1n) is 13.3. The van der Waals surface area contributed by atoms with Gasteiger partial charge in [-0.05, 0) is 36.8 Å². The Morgan fingerprint density at radius 3 is 2.49 bits per heavy atom. The molecule has 4 rings (SSSR count). The van der Waals surface area contributed by atoms with E-state index in [-0.39, 0.29) is 31.3 Å². The summed E-state index contributed by atoms with van der Waals surface area (Å²) in [6.07, 6.45) is 0.181. The van der Waals surface area contributed by atoms with Crippen molar-refractivity contribution in [3.63, 3.8) is 0 Å². The second kappa shape index (κ2) is 10.6. The first-order valence-corrected chi connectivity index (χ1v) is 10.6. The quantitative estimate of drug-likeness (QED) is 0.362. The van der Waals surface area contributed by atoms with Crippen LogP contribution in [-0.4, -0.2) is 45.5 Å². The number of para-hydroxylation sites is 1. The third kappa shape index (κ3) is 4.98. The van der Waals surface area contributed by atoms with Crippen LogP contribution in [0.15, 0.2) is 51.7 Å². The Hall–Kier alpha value is -3.89. The Balaban J connectivity index is 1.93. The Labute approximate surface area is 214 Å². The van der Waals surface area contributed by atoms with Gasteiger partial charge in [0.15, 0.2) is 5.56 Å². The van der Waals surface area contributed by atoms with Crippen LogP contribution in [0.1, 0.15) is 32.4 Å². The van der Waals surface area contributed by atoms with Crippen LogP contribution in [0.2, 0.25) is 5.02 Å². The predicted molar refractivity (Wildman–Crippen MR) is 127 cm³/mol. The van der Waals surface area contributed by atoms with Gasteiger partial charge in [0.25, 0.3) is 11.4 Å². The monoisotopic (exact) mass is 504 g/mol. The van der Waals surface area contributed by atoms with Gasteiger partial charge in [-0.15, -0.1) is 10.2 Å². The SMILES string of the molecule is [2H]C([2H])([2H])Oc1cccc(OC([2H])([2H])[2H])c1-n1c(COCC)nc(O)c(-c2nnc(Cc3ccc(Cl)cc3)o2)c1=O. The number of methoxy groups -OCH3 is 2. The lowest BCUT2D eigenvalue weighted by molar-refractivity contribution is 0.125. The molecule has 182 valence electrons. The molecule has 0 fully saturated rings. The first-order chi connectivity index (χ1) is 19.3. The molecular formula is C24H23ClN4O6. The van der Waals surface area contributed by atoms with Crippen LogP contribution in [-0.2, 0) is 17.8 Å². The summed E-state index contributed by atoms with van der Waals surface area (Å²) in [7, 11) is -5.99. The predicted octanol–water partition coefficient (Wildman–Crippen LogP) is 3.79. The van der Waals surface area contributed by atoms with E-state index in [4.69, 9.17) is 38.5 Å². The first kappa shape index (κ1) is 17.5. The zero-order chi connectivity index (χ0) is 29.9. The van der Waals surface area contributed by atoms with E-state index < -0.39 is 54.2 Å². The van der Waals surface area contributed by atoms with Crippen molar-refractivity contribution in [3.8, 4) is 34.5 Å². The fraction of sp³-hybridized carbons (Fsp3) is 0.250. The fourth-order valence-electron chi connectivity index (χ4n) is 3.35. The summed E-state index contributed by atoms with van der Waals surface area (Å²) in [5.74, 6) is -2.17. The largest absolute Gasteiger partial charge is 0.494 e. The van der Waals surface area contributed by atoms with E-state index in [0.29, 0.717) is 5.02 Å². The van der Waals surface area contributed by atoms with Gasteiger partial charge in [0.2, 0.25) is 11.8 Å². The van der Waals surface area contributed by atoms with Crippen molar-refractivity contribution in [1.82, 2.24) is 19.7 Å². The highest BCUT2D eigenvalue weighted by molar-refractivity contribution is 6.30. The number of ether oxygens (including phenoxy) is 3. The molecule has 0 saturated heterocycles. The molecule has 0 aliphatic rings. The molecule has 2 aromatic carbocycles. The van der Waals surface area contributed by atoms with E-state index in [9.17, 15) is 9.90 Å². The molecule has 1 N–H and O–H groups in total. The summed E-state index contributed by atoms with van der Waals surface area (Å²) in [5, 5.41) is 19.1. The number of aromatic hydroxyl groups is 1. The van der Waals surface area contributed by atoms with Crippen LogP contribution in [0.25, 0.3) is 17.1 Å². The van der Waals surface area contributed by atoms with Gasteiger partial charge in [-0.2, -0.15) is 4.98 Å².